The van der Waals surface area contributed by atoms with E-state index in [2.05, 4.69) is 11.8 Å². The van der Waals surface area contributed by atoms with Crippen LogP contribution < -0.4 is 0 Å². The van der Waals surface area contributed by atoms with Crippen molar-refractivity contribution in [3.05, 3.63) is 36.0 Å². The lowest BCUT2D eigenvalue weighted by Crippen LogP contribution is -2.03. The van der Waals surface area contributed by atoms with E-state index in [0.29, 0.717) is 31.1 Å². The summed E-state index contributed by atoms with van der Waals surface area (Å²) >= 11 is 0. The van der Waals surface area contributed by atoms with Gasteiger partial charge in [0.25, 0.3) is 0 Å². The van der Waals surface area contributed by atoms with Gasteiger partial charge in [-0.25, -0.2) is 8.78 Å². The van der Waals surface area contributed by atoms with Crippen molar-refractivity contribution in [2.75, 3.05) is 0 Å². The molecule has 0 aliphatic carbocycles. The highest BCUT2D eigenvalue weighted by molar-refractivity contribution is 5.16. The molecule has 0 rings (SSSR count). The van der Waals surface area contributed by atoms with E-state index in [-0.39, 0.29) is 0 Å². The Morgan fingerprint density at radius 1 is 0.893 bits per heavy atom. The van der Waals surface area contributed by atoms with E-state index in [0.717, 1.165) is 19.3 Å². The molecule has 28 heavy (non-hydrogen) atoms. The molecule has 0 saturated carbocycles. The molecule has 0 fully saturated rings. The lowest BCUT2D eigenvalue weighted by Gasteiger charge is -2.03. The molecule has 0 aromatic carbocycles. The van der Waals surface area contributed by atoms with Crippen LogP contribution in [0.5, 0.6) is 0 Å². The van der Waals surface area contributed by atoms with E-state index in [4.69, 9.17) is 0 Å². The zero-order valence-electron chi connectivity index (χ0n) is 18.5. The van der Waals surface area contributed by atoms with E-state index in [9.17, 15) is 19.0 Å². The van der Waals surface area contributed by atoms with Gasteiger partial charge < -0.3 is 10.2 Å². The van der Waals surface area contributed by atoms with E-state index in [1.54, 1.807) is 0 Å². The van der Waals surface area contributed by atoms with Gasteiger partial charge in [-0.05, 0) is 49.7 Å². The van der Waals surface area contributed by atoms with Crippen LogP contribution in [0.3, 0.4) is 0 Å². The van der Waals surface area contributed by atoms with Crippen molar-refractivity contribution in [1.82, 2.24) is 0 Å². The number of hydrogen-bond acceptors (Lipinski definition) is 2. The third-order valence-corrected chi connectivity index (χ3v) is 3.50. The van der Waals surface area contributed by atoms with Gasteiger partial charge in [0, 0.05) is 6.42 Å². The average Bonchev–Trinajstić information content (AvgIpc) is 2.64. The molecule has 0 heterocycles. The summed E-state index contributed by atoms with van der Waals surface area (Å²) in [7, 11) is 0. The molecule has 2 atom stereocenters. The predicted molar refractivity (Wildman–Crippen MR) is 116 cm³/mol. The van der Waals surface area contributed by atoms with Gasteiger partial charge >= 0.3 is 0 Å². The number of rotatable bonds is 10. The van der Waals surface area contributed by atoms with Crippen LogP contribution in [0.15, 0.2) is 36.0 Å². The lowest BCUT2D eigenvalue weighted by atomic mass is 10.1. The van der Waals surface area contributed by atoms with Crippen molar-refractivity contribution in [3.63, 3.8) is 0 Å². The van der Waals surface area contributed by atoms with Crippen molar-refractivity contribution in [2.24, 2.45) is 11.8 Å². The molecule has 0 spiro atoms. The highest BCUT2D eigenvalue weighted by atomic mass is 19.1. The van der Waals surface area contributed by atoms with E-state index >= 15 is 0 Å². The van der Waals surface area contributed by atoms with Crippen LogP contribution in [-0.4, -0.2) is 22.4 Å². The Hall–Kier alpha value is -1.44. The molecule has 2 unspecified atom stereocenters. The molecule has 0 bridgehead atoms. The third kappa shape index (κ3) is 19.3. The van der Waals surface area contributed by atoms with Gasteiger partial charge in [-0.1, -0.05) is 66.0 Å². The molecule has 162 valence electrons. The Balaban J connectivity index is 0. The van der Waals surface area contributed by atoms with E-state index in [1.807, 2.05) is 47.6 Å². The lowest BCUT2D eigenvalue weighted by molar-refractivity contribution is 0.227. The van der Waals surface area contributed by atoms with Crippen LogP contribution in [0.25, 0.3) is 0 Å². The molecule has 0 aromatic heterocycles. The Bertz CT molecular complexity index is 522. The molecule has 0 aromatic rings. The standard InChI is InChI=1S/C12H21FO.C12H19FO/c2*1-4-5-6-7-12(14)11(13)9-8-10(2)3/h6-7,9-10,12,14H,4-5,8H2,1-3H3;9-10,12,14H,4-5,8H2,1-3H3/b7-6-,11-9+;11-9+. The Labute approximate surface area is 171 Å². The predicted octanol–water partition coefficient (Wildman–Crippen LogP) is 6.65. The molecule has 2 N–H and O–H groups in total. The van der Waals surface area contributed by atoms with Crippen LogP contribution in [0, 0.1) is 23.7 Å². The highest BCUT2D eigenvalue weighted by Gasteiger charge is 2.06. The number of allylic oxidation sites excluding steroid dienone is 3. The van der Waals surface area contributed by atoms with Crippen LogP contribution in [0.2, 0.25) is 0 Å². The first kappa shape index (κ1) is 28.8. The van der Waals surface area contributed by atoms with Crippen molar-refractivity contribution in [1.29, 1.82) is 0 Å². The maximum atomic E-state index is 13.1. The first-order valence-corrected chi connectivity index (χ1v) is 10.4. The van der Waals surface area contributed by atoms with E-state index < -0.39 is 23.9 Å². The molecule has 0 amide bonds. The zero-order valence-corrected chi connectivity index (χ0v) is 18.5. The second kappa shape index (κ2) is 18.9. The zero-order chi connectivity index (χ0) is 21.9. The highest BCUT2D eigenvalue weighted by Crippen LogP contribution is 2.11. The summed E-state index contributed by atoms with van der Waals surface area (Å²) in [6.45, 7) is 12.1. The molecule has 0 aliphatic rings. The van der Waals surface area contributed by atoms with Crippen LogP contribution in [0.1, 0.15) is 80.1 Å². The number of unbranched alkanes of at least 4 members (excludes halogenated alkanes) is 2. The summed E-state index contributed by atoms with van der Waals surface area (Å²) in [4.78, 5) is 0. The summed E-state index contributed by atoms with van der Waals surface area (Å²) in [6, 6.07) is 0. The minimum absolute atomic E-state index is 0.400. The first-order chi connectivity index (χ1) is 13.1. The topological polar surface area (TPSA) is 40.5 Å². The van der Waals surface area contributed by atoms with E-state index in [1.165, 1.54) is 18.2 Å². The smallest absolute Gasteiger partial charge is 0.165 e. The maximum absolute atomic E-state index is 13.1. The summed E-state index contributed by atoms with van der Waals surface area (Å²) in [5.41, 5.74) is 0. The number of hydrogen-bond donors (Lipinski definition) is 2. The first-order valence-electron chi connectivity index (χ1n) is 10.4. The van der Waals surface area contributed by atoms with Gasteiger partial charge in [0.1, 0.15) is 17.8 Å². The molecule has 0 radical (unpaired) electrons. The normalized spacial score (nSPS) is 14.6. The fourth-order valence-corrected chi connectivity index (χ4v) is 1.78. The fourth-order valence-electron chi connectivity index (χ4n) is 1.78. The summed E-state index contributed by atoms with van der Waals surface area (Å²) in [6.07, 6.45) is 8.74. The van der Waals surface area contributed by atoms with Crippen molar-refractivity contribution in [3.8, 4) is 11.8 Å². The molecule has 0 saturated heterocycles. The van der Waals surface area contributed by atoms with Crippen LogP contribution in [-0.2, 0) is 0 Å². The molecular weight excluding hydrogens is 358 g/mol. The Morgan fingerprint density at radius 3 is 1.89 bits per heavy atom. The molecule has 4 heteroatoms. The van der Waals surface area contributed by atoms with Crippen molar-refractivity contribution >= 4 is 0 Å². The maximum Gasteiger partial charge on any atom is 0.165 e. The van der Waals surface area contributed by atoms with Gasteiger partial charge in [0.2, 0.25) is 0 Å². The molecule has 0 aliphatic heterocycles. The fraction of sp³-hybridized carbons (Fsp3) is 0.667. The van der Waals surface area contributed by atoms with Crippen LogP contribution in [0.4, 0.5) is 8.78 Å². The average molecular weight is 399 g/mol. The van der Waals surface area contributed by atoms with Gasteiger partial charge in [0.15, 0.2) is 6.10 Å². The minimum atomic E-state index is -1.24. The van der Waals surface area contributed by atoms with Crippen LogP contribution >= 0.6 is 0 Å². The second-order valence-corrected chi connectivity index (χ2v) is 7.57. The number of aliphatic hydroxyl groups is 2. The van der Waals surface area contributed by atoms with Crippen molar-refractivity contribution in [2.45, 2.75) is 92.3 Å². The quantitative estimate of drug-likeness (QED) is 0.319. The summed E-state index contributed by atoms with van der Waals surface area (Å²) in [5, 5.41) is 18.6. The van der Waals surface area contributed by atoms with Gasteiger partial charge in [-0.3, -0.25) is 0 Å². The number of halogens is 2. The Morgan fingerprint density at radius 2 is 1.43 bits per heavy atom. The monoisotopic (exact) mass is 398 g/mol. The van der Waals surface area contributed by atoms with Crippen molar-refractivity contribution < 1.29 is 19.0 Å². The molecule has 2 nitrogen and oxygen atoms in total. The van der Waals surface area contributed by atoms with Gasteiger partial charge in [0.05, 0.1) is 0 Å². The van der Waals surface area contributed by atoms with Gasteiger partial charge in [-0.15, -0.1) is 5.92 Å². The summed E-state index contributed by atoms with van der Waals surface area (Å²) in [5.74, 6) is 5.05. The molecular formula is C24H40F2O2. The SMILES string of the molecule is CCC/C=C\C(O)/C(F)=C\CC(C)C.CCCC#CC(O)/C(F)=C\CC(C)C. The summed E-state index contributed by atoms with van der Waals surface area (Å²) < 4.78 is 26.2. The minimum Gasteiger partial charge on any atom is -0.382 e. The Kier molecular flexibility index (Phi) is 19.4. The van der Waals surface area contributed by atoms with Gasteiger partial charge in [-0.2, -0.15) is 0 Å². The largest absolute Gasteiger partial charge is 0.382 e. The number of aliphatic hydroxyl groups excluding tert-OH is 2. The second-order valence-electron chi connectivity index (χ2n) is 7.57. The third-order valence-electron chi connectivity index (χ3n) is 3.50.